The van der Waals surface area contributed by atoms with Crippen LogP contribution in [-0.4, -0.2) is 9.91 Å². The van der Waals surface area contributed by atoms with Gasteiger partial charge in [-0.05, 0) is 23.6 Å². The monoisotopic (exact) mass is 216 g/mol. The molecule has 2 aromatic rings. The van der Waals surface area contributed by atoms with E-state index in [9.17, 15) is 10.1 Å². The summed E-state index contributed by atoms with van der Waals surface area (Å²) in [6.45, 7) is 4.14. The highest BCUT2D eigenvalue weighted by atomic mass is 16.6. The van der Waals surface area contributed by atoms with Crippen molar-refractivity contribution in [1.29, 1.82) is 0 Å². The Hall–Kier alpha value is -1.97. The van der Waals surface area contributed by atoms with Crippen LogP contribution in [0.4, 0.5) is 5.69 Å². The molecule has 0 saturated carbocycles. The van der Waals surface area contributed by atoms with E-state index in [-0.39, 0.29) is 10.6 Å². The van der Waals surface area contributed by atoms with Crippen LogP contribution in [0.15, 0.2) is 30.5 Å². The molecule has 1 aromatic carbocycles. The lowest BCUT2D eigenvalue weighted by Crippen LogP contribution is -1.91. The van der Waals surface area contributed by atoms with Crippen LogP contribution < -0.4 is 0 Å². The molecule has 16 heavy (non-hydrogen) atoms. The second-order valence-electron chi connectivity index (χ2n) is 4.06. The lowest BCUT2D eigenvalue weighted by atomic mass is 10.0. The van der Waals surface area contributed by atoms with E-state index in [1.54, 1.807) is 12.1 Å². The topological polar surface area (TPSA) is 56.0 Å². The normalized spacial score (nSPS) is 10.9. The van der Waals surface area contributed by atoms with Gasteiger partial charge in [0.1, 0.15) is 0 Å². The number of hydrogen-bond donors (Lipinski definition) is 0. The van der Waals surface area contributed by atoms with E-state index in [0.717, 1.165) is 16.5 Å². The number of rotatable bonds is 2. The van der Waals surface area contributed by atoms with Crippen LogP contribution in [0.25, 0.3) is 10.9 Å². The fraction of sp³-hybridized carbons (Fsp3) is 0.250. The molecule has 1 aromatic heterocycles. The third-order valence-electron chi connectivity index (χ3n) is 2.56. The summed E-state index contributed by atoms with van der Waals surface area (Å²) in [7, 11) is 0. The zero-order valence-corrected chi connectivity index (χ0v) is 9.18. The molecule has 0 fully saturated rings. The first-order valence-corrected chi connectivity index (χ1v) is 5.12. The van der Waals surface area contributed by atoms with Gasteiger partial charge in [-0.25, -0.2) is 0 Å². The van der Waals surface area contributed by atoms with Gasteiger partial charge in [0, 0.05) is 23.7 Å². The molecule has 0 aliphatic carbocycles. The van der Waals surface area contributed by atoms with Crippen molar-refractivity contribution >= 4 is 16.6 Å². The molecular formula is C12H12N2O2. The molecule has 0 aliphatic rings. The van der Waals surface area contributed by atoms with Gasteiger partial charge >= 0.3 is 0 Å². The quantitative estimate of drug-likeness (QED) is 0.571. The Bertz CT molecular complexity index is 550. The van der Waals surface area contributed by atoms with Gasteiger partial charge in [0.25, 0.3) is 5.69 Å². The Morgan fingerprint density at radius 2 is 2.06 bits per heavy atom. The standard InChI is InChI=1S/C12H12N2O2/c1-8(2)10-5-9-6-11(14(15)16)3-4-12(9)13-7-10/h3-8H,1-2H3. The van der Waals surface area contributed by atoms with Crippen LogP contribution in [0, 0.1) is 10.1 Å². The lowest BCUT2D eigenvalue weighted by Gasteiger charge is -2.05. The molecule has 0 aliphatic heterocycles. The van der Waals surface area contributed by atoms with E-state index < -0.39 is 0 Å². The molecule has 1 heterocycles. The van der Waals surface area contributed by atoms with Gasteiger partial charge < -0.3 is 0 Å². The van der Waals surface area contributed by atoms with Crippen LogP contribution in [0.2, 0.25) is 0 Å². The van der Waals surface area contributed by atoms with Gasteiger partial charge in [0.05, 0.1) is 10.4 Å². The van der Waals surface area contributed by atoms with E-state index in [1.807, 2.05) is 12.3 Å². The van der Waals surface area contributed by atoms with Crippen LogP contribution in [0.3, 0.4) is 0 Å². The predicted octanol–water partition coefficient (Wildman–Crippen LogP) is 3.27. The minimum atomic E-state index is -0.387. The lowest BCUT2D eigenvalue weighted by molar-refractivity contribution is -0.384. The molecule has 0 N–H and O–H groups in total. The summed E-state index contributed by atoms with van der Waals surface area (Å²) in [5.74, 6) is 0.371. The summed E-state index contributed by atoms with van der Waals surface area (Å²) in [4.78, 5) is 14.5. The molecule has 0 unspecified atom stereocenters. The number of pyridine rings is 1. The van der Waals surface area contributed by atoms with Crippen molar-refractivity contribution in [2.75, 3.05) is 0 Å². The molecular weight excluding hydrogens is 204 g/mol. The smallest absolute Gasteiger partial charge is 0.258 e. The Labute approximate surface area is 93.1 Å². The Balaban J connectivity index is 2.61. The molecule has 0 atom stereocenters. The highest BCUT2D eigenvalue weighted by molar-refractivity contribution is 5.81. The van der Waals surface area contributed by atoms with Gasteiger partial charge in [-0.3, -0.25) is 15.1 Å². The second kappa shape index (κ2) is 3.89. The van der Waals surface area contributed by atoms with Crippen molar-refractivity contribution < 1.29 is 4.92 Å². The van der Waals surface area contributed by atoms with Crippen LogP contribution in [0.5, 0.6) is 0 Å². The Morgan fingerprint density at radius 1 is 1.31 bits per heavy atom. The van der Waals surface area contributed by atoms with E-state index in [1.165, 1.54) is 6.07 Å². The van der Waals surface area contributed by atoms with Gasteiger partial charge in [-0.2, -0.15) is 0 Å². The summed E-state index contributed by atoms with van der Waals surface area (Å²) in [6, 6.07) is 6.68. The fourth-order valence-corrected chi connectivity index (χ4v) is 1.57. The average molecular weight is 216 g/mol. The predicted molar refractivity (Wildman–Crippen MR) is 62.5 cm³/mol. The molecule has 0 radical (unpaired) electrons. The zero-order chi connectivity index (χ0) is 11.7. The number of fused-ring (bicyclic) bond motifs is 1. The molecule has 2 rings (SSSR count). The van der Waals surface area contributed by atoms with Gasteiger partial charge in [-0.1, -0.05) is 13.8 Å². The van der Waals surface area contributed by atoms with Crippen molar-refractivity contribution in [3.8, 4) is 0 Å². The summed E-state index contributed by atoms with van der Waals surface area (Å²) in [5, 5.41) is 11.5. The van der Waals surface area contributed by atoms with Gasteiger partial charge in [-0.15, -0.1) is 0 Å². The summed E-state index contributed by atoms with van der Waals surface area (Å²) in [5.41, 5.74) is 1.98. The molecule has 82 valence electrons. The van der Waals surface area contributed by atoms with E-state index in [2.05, 4.69) is 18.8 Å². The summed E-state index contributed by atoms with van der Waals surface area (Å²) >= 11 is 0. The van der Waals surface area contributed by atoms with Crippen molar-refractivity contribution in [2.24, 2.45) is 0 Å². The number of hydrogen-bond acceptors (Lipinski definition) is 3. The van der Waals surface area contributed by atoms with Gasteiger partial charge in [0.15, 0.2) is 0 Å². The van der Waals surface area contributed by atoms with Crippen molar-refractivity contribution in [3.63, 3.8) is 0 Å². The first-order chi connectivity index (χ1) is 7.58. The number of nitrogens with zero attached hydrogens (tertiary/aromatic N) is 2. The number of non-ortho nitro benzene ring substituents is 1. The first kappa shape index (κ1) is 10.5. The SMILES string of the molecule is CC(C)c1cnc2ccc([N+](=O)[O-])cc2c1. The molecule has 4 nitrogen and oxygen atoms in total. The minimum Gasteiger partial charge on any atom is -0.258 e. The largest absolute Gasteiger partial charge is 0.270 e. The number of nitro benzene ring substituents is 1. The maximum atomic E-state index is 10.6. The highest BCUT2D eigenvalue weighted by Gasteiger charge is 2.08. The maximum Gasteiger partial charge on any atom is 0.270 e. The van der Waals surface area contributed by atoms with E-state index in [4.69, 9.17) is 0 Å². The summed E-state index contributed by atoms with van der Waals surface area (Å²) in [6.07, 6.45) is 1.82. The molecule has 0 bridgehead atoms. The van der Waals surface area contributed by atoms with E-state index >= 15 is 0 Å². The number of aromatic nitrogens is 1. The molecule has 0 spiro atoms. The highest BCUT2D eigenvalue weighted by Crippen LogP contribution is 2.22. The molecule has 4 heteroatoms. The fourth-order valence-electron chi connectivity index (χ4n) is 1.57. The summed E-state index contributed by atoms with van der Waals surface area (Å²) < 4.78 is 0. The van der Waals surface area contributed by atoms with Crippen molar-refractivity contribution in [3.05, 3.63) is 46.1 Å². The maximum absolute atomic E-state index is 10.6. The first-order valence-electron chi connectivity index (χ1n) is 5.12. The number of nitro groups is 1. The third kappa shape index (κ3) is 1.86. The van der Waals surface area contributed by atoms with Crippen molar-refractivity contribution in [1.82, 2.24) is 4.98 Å². The number of benzene rings is 1. The molecule has 0 amide bonds. The second-order valence-corrected chi connectivity index (χ2v) is 4.06. The van der Waals surface area contributed by atoms with Gasteiger partial charge in [0.2, 0.25) is 0 Å². The van der Waals surface area contributed by atoms with Crippen LogP contribution >= 0.6 is 0 Å². The zero-order valence-electron chi connectivity index (χ0n) is 9.18. The molecule has 0 saturated heterocycles. The Kier molecular flexibility index (Phi) is 2.56. The average Bonchev–Trinajstić information content (AvgIpc) is 2.27. The minimum absolute atomic E-state index is 0.107. The van der Waals surface area contributed by atoms with Crippen LogP contribution in [-0.2, 0) is 0 Å². The van der Waals surface area contributed by atoms with Crippen molar-refractivity contribution in [2.45, 2.75) is 19.8 Å². The van der Waals surface area contributed by atoms with E-state index in [0.29, 0.717) is 5.92 Å². The van der Waals surface area contributed by atoms with Crippen LogP contribution in [0.1, 0.15) is 25.3 Å². The third-order valence-corrected chi connectivity index (χ3v) is 2.56. The Morgan fingerprint density at radius 3 is 2.69 bits per heavy atom.